The Hall–Kier alpha value is -0.0800. The van der Waals surface area contributed by atoms with E-state index >= 15 is 0 Å². The van der Waals surface area contributed by atoms with E-state index < -0.39 is 0 Å². The summed E-state index contributed by atoms with van der Waals surface area (Å²) in [4.78, 5) is 2.46. The van der Waals surface area contributed by atoms with E-state index in [1.54, 1.807) is 0 Å². The van der Waals surface area contributed by atoms with Crippen LogP contribution >= 0.6 is 0 Å². The van der Waals surface area contributed by atoms with Crippen molar-refractivity contribution in [1.29, 1.82) is 0 Å². The first-order valence-electron chi connectivity index (χ1n) is 5.60. The van der Waals surface area contributed by atoms with E-state index in [2.05, 4.69) is 25.7 Å². The van der Waals surface area contributed by atoms with Gasteiger partial charge in [-0.05, 0) is 39.7 Å². The lowest BCUT2D eigenvalue weighted by molar-refractivity contribution is 0.0200. The third kappa shape index (κ3) is 2.68. The van der Waals surface area contributed by atoms with Gasteiger partial charge in [0, 0.05) is 12.1 Å². The van der Waals surface area contributed by atoms with Crippen LogP contribution in [0.5, 0.6) is 0 Å². The van der Waals surface area contributed by atoms with Crippen molar-refractivity contribution in [2.75, 3.05) is 6.54 Å². The number of rotatable bonds is 3. The zero-order valence-electron chi connectivity index (χ0n) is 9.16. The molecule has 1 heterocycles. The van der Waals surface area contributed by atoms with E-state index in [4.69, 9.17) is 0 Å². The average molecular weight is 185 g/mol. The monoisotopic (exact) mass is 185 g/mol. The molecule has 0 aromatic carbocycles. The highest BCUT2D eigenvalue weighted by molar-refractivity contribution is 4.81. The Labute approximate surface area is 81.9 Å². The van der Waals surface area contributed by atoms with Crippen LogP contribution in [0.15, 0.2) is 0 Å². The van der Waals surface area contributed by atoms with Gasteiger partial charge >= 0.3 is 0 Å². The fourth-order valence-electron chi connectivity index (χ4n) is 2.29. The van der Waals surface area contributed by atoms with E-state index in [9.17, 15) is 5.11 Å². The molecule has 2 heteroatoms. The minimum absolute atomic E-state index is 0.152. The molecule has 0 aromatic heterocycles. The van der Waals surface area contributed by atoms with Gasteiger partial charge in [0.25, 0.3) is 0 Å². The Morgan fingerprint density at radius 2 is 2.15 bits per heavy atom. The molecule has 0 aliphatic carbocycles. The minimum Gasteiger partial charge on any atom is -0.392 e. The van der Waals surface area contributed by atoms with Crippen molar-refractivity contribution >= 4 is 0 Å². The number of likely N-dealkylation sites (tertiary alicyclic amines) is 1. The van der Waals surface area contributed by atoms with Crippen LogP contribution in [-0.4, -0.2) is 34.7 Å². The van der Waals surface area contributed by atoms with Crippen molar-refractivity contribution < 1.29 is 5.11 Å². The van der Waals surface area contributed by atoms with Crippen molar-refractivity contribution in [2.24, 2.45) is 0 Å². The molecule has 3 atom stereocenters. The summed E-state index contributed by atoms with van der Waals surface area (Å²) < 4.78 is 0. The number of aliphatic hydroxyl groups is 1. The highest BCUT2D eigenvalue weighted by Crippen LogP contribution is 2.21. The largest absolute Gasteiger partial charge is 0.392 e. The SMILES string of the molecule is CCC(O)C(C)N1CCCCC1C. The van der Waals surface area contributed by atoms with Gasteiger partial charge in [-0.2, -0.15) is 0 Å². The predicted molar refractivity (Wildman–Crippen MR) is 55.8 cm³/mol. The lowest BCUT2D eigenvalue weighted by atomic mass is 9.99. The summed E-state index contributed by atoms with van der Waals surface area (Å²) in [6.07, 6.45) is 4.66. The lowest BCUT2D eigenvalue weighted by Crippen LogP contribution is -2.48. The number of aliphatic hydroxyl groups excluding tert-OH is 1. The van der Waals surface area contributed by atoms with Gasteiger partial charge in [0.15, 0.2) is 0 Å². The molecule has 13 heavy (non-hydrogen) atoms. The molecular formula is C11H23NO. The fourth-order valence-corrected chi connectivity index (χ4v) is 2.29. The molecule has 1 fully saturated rings. The molecule has 78 valence electrons. The smallest absolute Gasteiger partial charge is 0.0690 e. The molecule has 1 aliphatic rings. The topological polar surface area (TPSA) is 23.5 Å². The van der Waals surface area contributed by atoms with Gasteiger partial charge in [-0.3, -0.25) is 4.90 Å². The van der Waals surface area contributed by atoms with Crippen LogP contribution in [0, 0.1) is 0 Å². The summed E-state index contributed by atoms with van der Waals surface area (Å²) in [5.74, 6) is 0. The summed E-state index contributed by atoms with van der Waals surface area (Å²) in [6, 6.07) is 0.991. The van der Waals surface area contributed by atoms with E-state index in [1.165, 1.54) is 25.8 Å². The second-order valence-corrected chi connectivity index (χ2v) is 4.30. The number of nitrogens with zero attached hydrogens (tertiary/aromatic N) is 1. The van der Waals surface area contributed by atoms with Crippen molar-refractivity contribution in [1.82, 2.24) is 4.90 Å². The molecule has 0 spiro atoms. The van der Waals surface area contributed by atoms with Crippen LogP contribution in [0.3, 0.4) is 0 Å². The Morgan fingerprint density at radius 3 is 2.69 bits per heavy atom. The summed E-state index contributed by atoms with van der Waals surface area (Å²) in [5, 5.41) is 9.75. The first-order valence-corrected chi connectivity index (χ1v) is 5.60. The Bertz CT molecular complexity index is 149. The van der Waals surface area contributed by atoms with Gasteiger partial charge in [-0.1, -0.05) is 13.3 Å². The highest BCUT2D eigenvalue weighted by atomic mass is 16.3. The quantitative estimate of drug-likeness (QED) is 0.727. The van der Waals surface area contributed by atoms with E-state index in [1.807, 2.05) is 0 Å². The zero-order valence-corrected chi connectivity index (χ0v) is 9.16. The number of hydrogen-bond acceptors (Lipinski definition) is 2. The first kappa shape index (κ1) is 11.0. The molecule has 0 aromatic rings. The normalized spacial score (nSPS) is 30.0. The predicted octanol–water partition coefficient (Wildman–Crippen LogP) is 2.02. The zero-order chi connectivity index (χ0) is 9.84. The summed E-state index contributed by atoms with van der Waals surface area (Å²) in [7, 11) is 0. The maximum absolute atomic E-state index is 9.75. The van der Waals surface area contributed by atoms with Crippen LogP contribution in [0.2, 0.25) is 0 Å². The van der Waals surface area contributed by atoms with Gasteiger partial charge in [-0.25, -0.2) is 0 Å². The van der Waals surface area contributed by atoms with Gasteiger partial charge in [0.2, 0.25) is 0 Å². The summed E-state index contributed by atoms with van der Waals surface area (Å²) >= 11 is 0. The molecule has 0 saturated carbocycles. The molecule has 0 amide bonds. The van der Waals surface area contributed by atoms with E-state index in [-0.39, 0.29) is 6.10 Å². The lowest BCUT2D eigenvalue weighted by Gasteiger charge is -2.39. The van der Waals surface area contributed by atoms with Crippen LogP contribution in [0.4, 0.5) is 0 Å². The van der Waals surface area contributed by atoms with Crippen molar-refractivity contribution in [3.63, 3.8) is 0 Å². The average Bonchev–Trinajstić information content (AvgIpc) is 2.16. The second-order valence-electron chi connectivity index (χ2n) is 4.30. The molecular weight excluding hydrogens is 162 g/mol. The maximum atomic E-state index is 9.75. The van der Waals surface area contributed by atoms with E-state index in [0.717, 1.165) is 6.42 Å². The Kier molecular flexibility index (Phi) is 4.20. The van der Waals surface area contributed by atoms with Crippen LogP contribution < -0.4 is 0 Å². The van der Waals surface area contributed by atoms with Crippen molar-refractivity contribution in [2.45, 2.75) is 64.6 Å². The van der Waals surface area contributed by atoms with Crippen LogP contribution in [0.25, 0.3) is 0 Å². The third-order valence-electron chi connectivity index (χ3n) is 3.35. The van der Waals surface area contributed by atoms with Crippen molar-refractivity contribution in [3.05, 3.63) is 0 Å². The number of piperidine rings is 1. The Morgan fingerprint density at radius 1 is 1.46 bits per heavy atom. The fraction of sp³-hybridized carbons (Fsp3) is 1.00. The van der Waals surface area contributed by atoms with Gasteiger partial charge < -0.3 is 5.11 Å². The Balaban J connectivity index is 2.47. The van der Waals surface area contributed by atoms with Gasteiger partial charge in [0.1, 0.15) is 0 Å². The highest BCUT2D eigenvalue weighted by Gasteiger charge is 2.26. The maximum Gasteiger partial charge on any atom is 0.0690 e. The van der Waals surface area contributed by atoms with Crippen molar-refractivity contribution in [3.8, 4) is 0 Å². The number of hydrogen-bond donors (Lipinski definition) is 1. The molecule has 1 saturated heterocycles. The standard InChI is InChI=1S/C11H23NO/c1-4-11(13)10(3)12-8-6-5-7-9(12)2/h9-11,13H,4-8H2,1-3H3. The summed E-state index contributed by atoms with van der Waals surface area (Å²) in [6.45, 7) is 7.64. The third-order valence-corrected chi connectivity index (χ3v) is 3.35. The van der Waals surface area contributed by atoms with Gasteiger partial charge in [0.05, 0.1) is 6.10 Å². The molecule has 0 bridgehead atoms. The van der Waals surface area contributed by atoms with Crippen LogP contribution in [0.1, 0.15) is 46.5 Å². The van der Waals surface area contributed by atoms with Gasteiger partial charge in [-0.15, -0.1) is 0 Å². The van der Waals surface area contributed by atoms with E-state index in [0.29, 0.717) is 12.1 Å². The molecule has 3 unspecified atom stereocenters. The first-order chi connectivity index (χ1) is 6.16. The molecule has 1 aliphatic heterocycles. The molecule has 2 nitrogen and oxygen atoms in total. The van der Waals surface area contributed by atoms with Crippen LogP contribution in [-0.2, 0) is 0 Å². The molecule has 1 N–H and O–H groups in total. The molecule has 0 radical (unpaired) electrons. The summed E-state index contributed by atoms with van der Waals surface area (Å²) in [5.41, 5.74) is 0. The second kappa shape index (κ2) is 4.97. The molecule has 1 rings (SSSR count). The minimum atomic E-state index is -0.152.